The molecule has 0 spiro atoms. The second kappa shape index (κ2) is 5.88. The molecule has 1 aromatic rings. The molecule has 1 unspecified atom stereocenters. The molecule has 1 heterocycles. The molecule has 0 aromatic heterocycles. The second-order valence-electron chi connectivity index (χ2n) is 4.54. The largest absolute Gasteiger partial charge is 0.397 e. The van der Waals surface area contributed by atoms with E-state index in [4.69, 9.17) is 10.5 Å². The van der Waals surface area contributed by atoms with Gasteiger partial charge in [0.1, 0.15) is 11.9 Å². The van der Waals surface area contributed by atoms with Gasteiger partial charge >= 0.3 is 0 Å². The highest BCUT2D eigenvalue weighted by Gasteiger charge is 2.22. The molecular formula is C13H18FN3O2. The van der Waals surface area contributed by atoms with Crippen LogP contribution in [-0.4, -0.2) is 43.2 Å². The third-order valence-electron chi connectivity index (χ3n) is 3.08. The number of amides is 1. The lowest BCUT2D eigenvalue weighted by molar-refractivity contribution is -0.135. The van der Waals surface area contributed by atoms with Crippen LogP contribution in [0.1, 0.15) is 6.92 Å². The fourth-order valence-electron chi connectivity index (χ4n) is 2.02. The van der Waals surface area contributed by atoms with Crippen LogP contribution in [-0.2, 0) is 9.53 Å². The zero-order chi connectivity index (χ0) is 13.8. The average Bonchev–Trinajstić information content (AvgIpc) is 2.42. The Kier molecular flexibility index (Phi) is 4.21. The van der Waals surface area contributed by atoms with E-state index in [0.29, 0.717) is 37.7 Å². The van der Waals surface area contributed by atoms with Gasteiger partial charge in [-0.2, -0.15) is 0 Å². The van der Waals surface area contributed by atoms with E-state index in [0.717, 1.165) is 0 Å². The van der Waals surface area contributed by atoms with E-state index in [2.05, 4.69) is 5.32 Å². The number of halogens is 1. The van der Waals surface area contributed by atoms with Crippen LogP contribution in [0.3, 0.4) is 0 Å². The number of carbonyl (C=O) groups is 1. The van der Waals surface area contributed by atoms with Gasteiger partial charge in [-0.1, -0.05) is 0 Å². The SMILES string of the molecule is CC(Nc1ccc(F)cc1N)C(=O)N1CCOCC1. The van der Waals surface area contributed by atoms with E-state index in [-0.39, 0.29) is 5.91 Å². The molecule has 3 N–H and O–H groups in total. The van der Waals surface area contributed by atoms with Crippen LogP contribution in [0.4, 0.5) is 15.8 Å². The summed E-state index contributed by atoms with van der Waals surface area (Å²) in [5, 5.41) is 3.01. The van der Waals surface area contributed by atoms with Crippen LogP contribution >= 0.6 is 0 Å². The van der Waals surface area contributed by atoms with Gasteiger partial charge in [0.25, 0.3) is 0 Å². The molecule has 2 rings (SSSR count). The summed E-state index contributed by atoms with van der Waals surface area (Å²) in [5.74, 6) is -0.401. The summed E-state index contributed by atoms with van der Waals surface area (Å²) >= 11 is 0. The Morgan fingerprint density at radius 1 is 1.47 bits per heavy atom. The first kappa shape index (κ1) is 13.6. The van der Waals surface area contributed by atoms with Crippen molar-refractivity contribution in [3.05, 3.63) is 24.0 Å². The molecule has 1 saturated heterocycles. The predicted molar refractivity (Wildman–Crippen MR) is 71.3 cm³/mol. The van der Waals surface area contributed by atoms with Crippen molar-refractivity contribution >= 4 is 17.3 Å². The number of morpholine rings is 1. The van der Waals surface area contributed by atoms with Crippen molar-refractivity contribution in [3.63, 3.8) is 0 Å². The van der Waals surface area contributed by atoms with Crippen molar-refractivity contribution in [1.29, 1.82) is 0 Å². The maximum Gasteiger partial charge on any atom is 0.244 e. The normalized spacial score (nSPS) is 17.1. The molecule has 1 amide bonds. The van der Waals surface area contributed by atoms with E-state index in [1.165, 1.54) is 18.2 Å². The highest BCUT2D eigenvalue weighted by molar-refractivity contribution is 5.85. The molecule has 1 atom stereocenters. The molecule has 0 bridgehead atoms. The lowest BCUT2D eigenvalue weighted by Crippen LogP contribution is -2.47. The number of benzene rings is 1. The van der Waals surface area contributed by atoms with Crippen molar-refractivity contribution in [1.82, 2.24) is 4.90 Å². The van der Waals surface area contributed by atoms with Gasteiger partial charge < -0.3 is 20.7 Å². The zero-order valence-corrected chi connectivity index (χ0v) is 10.9. The van der Waals surface area contributed by atoms with Crippen LogP contribution < -0.4 is 11.1 Å². The Balaban J connectivity index is 1.99. The van der Waals surface area contributed by atoms with E-state index in [9.17, 15) is 9.18 Å². The van der Waals surface area contributed by atoms with Gasteiger partial charge in [-0.25, -0.2) is 4.39 Å². The maximum absolute atomic E-state index is 12.9. The summed E-state index contributed by atoms with van der Waals surface area (Å²) in [5.41, 5.74) is 6.56. The number of rotatable bonds is 3. The number of anilines is 2. The Labute approximate surface area is 111 Å². The Bertz CT molecular complexity index is 461. The summed E-state index contributed by atoms with van der Waals surface area (Å²) in [6.45, 7) is 4.10. The highest BCUT2D eigenvalue weighted by atomic mass is 19.1. The smallest absolute Gasteiger partial charge is 0.244 e. The third kappa shape index (κ3) is 3.35. The third-order valence-corrected chi connectivity index (χ3v) is 3.08. The van der Waals surface area contributed by atoms with Gasteiger partial charge in [0.2, 0.25) is 5.91 Å². The van der Waals surface area contributed by atoms with Crippen molar-refractivity contribution in [3.8, 4) is 0 Å². The number of nitrogens with two attached hydrogens (primary N) is 1. The summed E-state index contributed by atoms with van der Waals surface area (Å²) in [4.78, 5) is 13.9. The van der Waals surface area contributed by atoms with Gasteiger partial charge in [0.15, 0.2) is 0 Å². The fraction of sp³-hybridized carbons (Fsp3) is 0.462. The van der Waals surface area contributed by atoms with Crippen LogP contribution in [0.15, 0.2) is 18.2 Å². The van der Waals surface area contributed by atoms with Gasteiger partial charge in [0, 0.05) is 13.1 Å². The minimum absolute atomic E-state index is 0.00738. The number of hydrogen-bond acceptors (Lipinski definition) is 4. The van der Waals surface area contributed by atoms with Crippen molar-refractivity contribution in [2.24, 2.45) is 0 Å². The summed E-state index contributed by atoms with van der Waals surface area (Å²) in [7, 11) is 0. The Morgan fingerprint density at radius 3 is 2.79 bits per heavy atom. The van der Waals surface area contributed by atoms with Crippen LogP contribution in [0.5, 0.6) is 0 Å². The molecular weight excluding hydrogens is 249 g/mol. The van der Waals surface area contributed by atoms with E-state index < -0.39 is 11.9 Å². The van der Waals surface area contributed by atoms with E-state index in [1.807, 2.05) is 0 Å². The predicted octanol–water partition coefficient (Wildman–Crippen LogP) is 1.07. The Hall–Kier alpha value is -1.82. The molecule has 1 fully saturated rings. The van der Waals surface area contributed by atoms with Crippen molar-refractivity contribution in [2.75, 3.05) is 37.4 Å². The summed E-state index contributed by atoms with van der Waals surface area (Å²) in [6.07, 6.45) is 0. The minimum atomic E-state index is -0.411. The lowest BCUT2D eigenvalue weighted by atomic mass is 10.2. The topological polar surface area (TPSA) is 67.6 Å². The first-order valence-corrected chi connectivity index (χ1v) is 6.26. The molecule has 19 heavy (non-hydrogen) atoms. The van der Waals surface area contributed by atoms with Crippen LogP contribution in [0.2, 0.25) is 0 Å². The molecule has 1 aromatic carbocycles. The fourth-order valence-corrected chi connectivity index (χ4v) is 2.02. The lowest BCUT2D eigenvalue weighted by Gasteiger charge is -2.30. The number of hydrogen-bond donors (Lipinski definition) is 2. The van der Waals surface area contributed by atoms with Gasteiger partial charge in [-0.3, -0.25) is 4.79 Å². The first-order chi connectivity index (χ1) is 9.08. The number of nitrogens with one attached hydrogen (secondary N) is 1. The Morgan fingerprint density at radius 2 is 2.16 bits per heavy atom. The minimum Gasteiger partial charge on any atom is -0.397 e. The monoisotopic (exact) mass is 267 g/mol. The molecule has 1 aliphatic rings. The maximum atomic E-state index is 12.9. The van der Waals surface area contributed by atoms with Crippen molar-refractivity contribution in [2.45, 2.75) is 13.0 Å². The van der Waals surface area contributed by atoms with Gasteiger partial charge in [0.05, 0.1) is 24.6 Å². The molecule has 5 nitrogen and oxygen atoms in total. The average molecular weight is 267 g/mol. The molecule has 0 radical (unpaired) electrons. The molecule has 6 heteroatoms. The number of ether oxygens (including phenoxy) is 1. The van der Waals surface area contributed by atoms with E-state index in [1.54, 1.807) is 11.8 Å². The van der Waals surface area contributed by atoms with Gasteiger partial charge in [-0.05, 0) is 25.1 Å². The number of nitrogen functional groups attached to an aromatic ring is 1. The standard InChI is InChI=1S/C13H18FN3O2/c1-9(13(18)17-4-6-19-7-5-17)16-12-3-2-10(14)8-11(12)15/h2-3,8-9,16H,4-7,15H2,1H3. The molecule has 0 saturated carbocycles. The van der Waals surface area contributed by atoms with Crippen LogP contribution in [0.25, 0.3) is 0 Å². The quantitative estimate of drug-likeness (QED) is 0.804. The summed E-state index contributed by atoms with van der Waals surface area (Å²) < 4.78 is 18.1. The number of carbonyl (C=O) groups excluding carboxylic acids is 1. The highest BCUT2D eigenvalue weighted by Crippen LogP contribution is 2.20. The first-order valence-electron chi connectivity index (χ1n) is 6.26. The van der Waals surface area contributed by atoms with Crippen LogP contribution in [0, 0.1) is 5.82 Å². The second-order valence-corrected chi connectivity index (χ2v) is 4.54. The number of nitrogens with zero attached hydrogens (tertiary/aromatic N) is 1. The molecule has 1 aliphatic heterocycles. The van der Waals surface area contributed by atoms with E-state index >= 15 is 0 Å². The van der Waals surface area contributed by atoms with Gasteiger partial charge in [-0.15, -0.1) is 0 Å². The van der Waals surface area contributed by atoms with Crippen molar-refractivity contribution < 1.29 is 13.9 Å². The zero-order valence-electron chi connectivity index (χ0n) is 10.9. The molecule has 0 aliphatic carbocycles. The summed E-state index contributed by atoms with van der Waals surface area (Å²) in [6, 6.07) is 3.66. The molecule has 104 valence electrons.